The van der Waals surface area contributed by atoms with Gasteiger partial charge in [-0.2, -0.15) is 0 Å². The predicted molar refractivity (Wildman–Crippen MR) is 70.8 cm³/mol. The van der Waals surface area contributed by atoms with Crippen molar-refractivity contribution in [1.29, 1.82) is 0 Å². The summed E-state index contributed by atoms with van der Waals surface area (Å²) in [4.78, 5) is 0.347. The fourth-order valence-electron chi connectivity index (χ4n) is 1.50. The first-order chi connectivity index (χ1) is 8.09. The number of alkyl halides is 1. The van der Waals surface area contributed by atoms with E-state index in [9.17, 15) is 8.42 Å². The summed E-state index contributed by atoms with van der Waals surface area (Å²) in [6.45, 7) is 0.536. The molecule has 0 heterocycles. The van der Waals surface area contributed by atoms with Gasteiger partial charge in [0.1, 0.15) is 0 Å². The predicted octanol–water partition coefficient (Wildman–Crippen LogP) is 2.72. The van der Waals surface area contributed by atoms with Gasteiger partial charge in [-0.3, -0.25) is 0 Å². The molecule has 0 aromatic heterocycles. The summed E-state index contributed by atoms with van der Waals surface area (Å²) < 4.78 is 25.6. The summed E-state index contributed by atoms with van der Waals surface area (Å²) >= 11 is 5.57. The number of sulfonamides is 1. The molecule has 0 bridgehead atoms. The number of rotatable bonds is 7. The van der Waals surface area contributed by atoms with E-state index in [-0.39, 0.29) is 0 Å². The molecule has 0 spiro atoms. The summed E-state index contributed by atoms with van der Waals surface area (Å²) in [5, 5.41) is 0. The van der Waals surface area contributed by atoms with Crippen LogP contribution in [-0.2, 0) is 10.0 Å². The van der Waals surface area contributed by atoms with E-state index in [1.807, 2.05) is 0 Å². The molecule has 0 aliphatic rings. The van der Waals surface area contributed by atoms with Crippen LogP contribution in [0.4, 0.5) is 0 Å². The summed E-state index contributed by atoms with van der Waals surface area (Å²) in [6.07, 6.45) is 2.73. The van der Waals surface area contributed by atoms with Crippen LogP contribution in [0.3, 0.4) is 0 Å². The number of halogens is 1. The topological polar surface area (TPSA) is 37.4 Å². The third-order valence-electron chi connectivity index (χ3n) is 2.56. The number of benzene rings is 1. The highest BCUT2D eigenvalue weighted by Gasteiger charge is 2.19. The van der Waals surface area contributed by atoms with Crippen molar-refractivity contribution in [3.05, 3.63) is 30.3 Å². The molecule has 0 atom stereocenters. The second-order valence-electron chi connectivity index (χ2n) is 3.89. The lowest BCUT2D eigenvalue weighted by Crippen LogP contribution is -2.27. The minimum Gasteiger partial charge on any atom is -0.207 e. The van der Waals surface area contributed by atoms with Gasteiger partial charge in [0.2, 0.25) is 10.0 Å². The van der Waals surface area contributed by atoms with Crippen molar-refractivity contribution >= 4 is 21.6 Å². The Kier molecular flexibility index (Phi) is 5.95. The Hall–Kier alpha value is -0.580. The molecular weight excluding hydrogens is 258 g/mol. The van der Waals surface area contributed by atoms with E-state index in [2.05, 4.69) is 0 Å². The molecule has 1 rings (SSSR count). The van der Waals surface area contributed by atoms with Crippen LogP contribution in [0.2, 0.25) is 0 Å². The van der Waals surface area contributed by atoms with Gasteiger partial charge in [-0.25, -0.2) is 12.7 Å². The Labute approximate surface area is 108 Å². The molecule has 0 radical (unpaired) electrons. The molecule has 0 N–H and O–H groups in total. The van der Waals surface area contributed by atoms with E-state index < -0.39 is 10.0 Å². The first-order valence-electron chi connectivity index (χ1n) is 5.66. The molecule has 5 heteroatoms. The maximum absolute atomic E-state index is 12.1. The van der Waals surface area contributed by atoms with Crippen molar-refractivity contribution in [2.75, 3.05) is 19.5 Å². The van der Waals surface area contributed by atoms with Gasteiger partial charge in [0.15, 0.2) is 0 Å². The molecule has 17 heavy (non-hydrogen) atoms. The number of hydrogen-bond acceptors (Lipinski definition) is 2. The van der Waals surface area contributed by atoms with Gasteiger partial charge in [0.25, 0.3) is 0 Å². The smallest absolute Gasteiger partial charge is 0.207 e. The summed E-state index contributed by atoms with van der Waals surface area (Å²) in [5.41, 5.74) is 0. The van der Waals surface area contributed by atoms with Crippen LogP contribution in [0.5, 0.6) is 0 Å². The Balaban J connectivity index is 2.59. The molecule has 1 aromatic carbocycles. The summed E-state index contributed by atoms with van der Waals surface area (Å²) in [6, 6.07) is 8.50. The molecule has 0 fully saturated rings. The monoisotopic (exact) mass is 275 g/mol. The minimum atomic E-state index is -3.33. The van der Waals surface area contributed by atoms with Crippen LogP contribution in [-0.4, -0.2) is 32.2 Å². The fraction of sp³-hybridized carbons (Fsp3) is 0.500. The van der Waals surface area contributed by atoms with Crippen LogP contribution in [0.1, 0.15) is 19.3 Å². The minimum absolute atomic E-state index is 0.347. The van der Waals surface area contributed by atoms with Gasteiger partial charge in [0.05, 0.1) is 4.90 Å². The van der Waals surface area contributed by atoms with Crippen LogP contribution in [0.15, 0.2) is 35.2 Å². The van der Waals surface area contributed by atoms with E-state index in [0.29, 0.717) is 17.3 Å². The molecule has 0 saturated carbocycles. The zero-order valence-corrected chi connectivity index (χ0v) is 11.5. The van der Waals surface area contributed by atoms with E-state index in [4.69, 9.17) is 11.6 Å². The van der Waals surface area contributed by atoms with Crippen molar-refractivity contribution in [1.82, 2.24) is 4.31 Å². The van der Waals surface area contributed by atoms with Gasteiger partial charge in [-0.05, 0) is 25.0 Å². The lowest BCUT2D eigenvalue weighted by molar-refractivity contribution is 0.454. The third kappa shape index (κ3) is 4.30. The lowest BCUT2D eigenvalue weighted by atomic mass is 10.2. The van der Waals surface area contributed by atoms with Crippen LogP contribution in [0, 0.1) is 0 Å². The normalized spacial score (nSPS) is 11.9. The van der Waals surface area contributed by atoms with Crippen molar-refractivity contribution in [3.63, 3.8) is 0 Å². The summed E-state index contributed by atoms with van der Waals surface area (Å²) in [7, 11) is -1.71. The van der Waals surface area contributed by atoms with Gasteiger partial charge in [-0.1, -0.05) is 24.6 Å². The molecule has 0 saturated heterocycles. The molecule has 0 aliphatic carbocycles. The highest BCUT2D eigenvalue weighted by molar-refractivity contribution is 7.89. The van der Waals surface area contributed by atoms with Gasteiger partial charge in [-0.15, -0.1) is 11.6 Å². The molecule has 0 aliphatic heterocycles. The Bertz CT molecular complexity index is 419. The van der Waals surface area contributed by atoms with Crippen LogP contribution >= 0.6 is 11.6 Å². The maximum atomic E-state index is 12.1. The second kappa shape index (κ2) is 6.99. The van der Waals surface area contributed by atoms with Crippen LogP contribution in [0.25, 0.3) is 0 Å². The summed E-state index contributed by atoms with van der Waals surface area (Å²) in [5.74, 6) is 0.634. The number of hydrogen-bond donors (Lipinski definition) is 0. The molecule has 96 valence electrons. The average Bonchev–Trinajstić information content (AvgIpc) is 2.35. The SMILES string of the molecule is CN(CCCCCCl)S(=O)(=O)c1ccccc1. The maximum Gasteiger partial charge on any atom is 0.242 e. The molecule has 0 amide bonds. The highest BCUT2D eigenvalue weighted by atomic mass is 35.5. The number of nitrogens with zero attached hydrogens (tertiary/aromatic N) is 1. The zero-order valence-electron chi connectivity index (χ0n) is 9.97. The molecular formula is C12H18ClNO2S. The third-order valence-corrected chi connectivity index (χ3v) is 4.70. The molecule has 3 nitrogen and oxygen atoms in total. The Morgan fingerprint density at radius 3 is 2.35 bits per heavy atom. The van der Waals surface area contributed by atoms with E-state index in [0.717, 1.165) is 19.3 Å². The fourth-order valence-corrected chi connectivity index (χ4v) is 2.92. The molecule has 0 unspecified atom stereocenters. The quantitative estimate of drug-likeness (QED) is 0.567. The lowest BCUT2D eigenvalue weighted by Gasteiger charge is -2.16. The molecule has 1 aromatic rings. The Morgan fingerprint density at radius 1 is 1.12 bits per heavy atom. The first kappa shape index (κ1) is 14.5. The van der Waals surface area contributed by atoms with Crippen LogP contribution < -0.4 is 0 Å². The second-order valence-corrected chi connectivity index (χ2v) is 6.31. The van der Waals surface area contributed by atoms with Crippen molar-refractivity contribution in [2.45, 2.75) is 24.2 Å². The standard InChI is InChI=1S/C12H18ClNO2S/c1-14(11-7-3-6-10-13)17(15,16)12-8-4-2-5-9-12/h2,4-5,8-9H,3,6-7,10-11H2,1H3. The number of unbranched alkanes of at least 4 members (excludes halogenated alkanes) is 2. The van der Waals surface area contributed by atoms with Gasteiger partial charge >= 0.3 is 0 Å². The first-order valence-corrected chi connectivity index (χ1v) is 7.64. The van der Waals surface area contributed by atoms with Gasteiger partial charge < -0.3 is 0 Å². The largest absolute Gasteiger partial charge is 0.242 e. The Morgan fingerprint density at radius 2 is 1.76 bits per heavy atom. The van der Waals surface area contributed by atoms with Crippen molar-refractivity contribution < 1.29 is 8.42 Å². The van der Waals surface area contributed by atoms with Gasteiger partial charge in [0, 0.05) is 19.5 Å². The zero-order chi connectivity index (χ0) is 12.7. The van der Waals surface area contributed by atoms with E-state index in [1.165, 1.54) is 4.31 Å². The van der Waals surface area contributed by atoms with E-state index in [1.54, 1.807) is 37.4 Å². The average molecular weight is 276 g/mol. The highest BCUT2D eigenvalue weighted by Crippen LogP contribution is 2.14. The van der Waals surface area contributed by atoms with Crippen molar-refractivity contribution in [3.8, 4) is 0 Å². The van der Waals surface area contributed by atoms with Crippen molar-refractivity contribution in [2.24, 2.45) is 0 Å². The van der Waals surface area contributed by atoms with E-state index >= 15 is 0 Å².